The van der Waals surface area contributed by atoms with Crippen molar-refractivity contribution in [1.82, 2.24) is 5.32 Å². The van der Waals surface area contributed by atoms with Gasteiger partial charge in [0.15, 0.2) is 0 Å². The molecule has 1 aliphatic carbocycles. The van der Waals surface area contributed by atoms with E-state index in [4.69, 9.17) is 0 Å². The van der Waals surface area contributed by atoms with E-state index < -0.39 is 0 Å². The van der Waals surface area contributed by atoms with Crippen molar-refractivity contribution in [3.8, 4) is 0 Å². The number of benzene rings is 3. The van der Waals surface area contributed by atoms with Crippen molar-refractivity contribution < 1.29 is 7.65 Å². The highest BCUT2D eigenvalue weighted by atomic mass is 16.1. The van der Waals surface area contributed by atoms with Gasteiger partial charge < -0.3 is 10.2 Å². The zero-order valence-corrected chi connectivity index (χ0v) is 23.1. The zero-order valence-electron chi connectivity index (χ0n) is 23.1. The minimum absolute atomic E-state index is 0. The first-order valence-corrected chi connectivity index (χ1v) is 14.1. The molecule has 3 aromatic rings. The molecule has 1 aliphatic rings. The van der Waals surface area contributed by atoms with Gasteiger partial charge in [-0.15, -0.1) is 0 Å². The van der Waals surface area contributed by atoms with E-state index in [-0.39, 0.29) is 14.8 Å². The first-order chi connectivity index (χ1) is 17.5. The van der Waals surface area contributed by atoms with E-state index >= 15 is 0 Å². The van der Waals surface area contributed by atoms with E-state index in [0.29, 0.717) is 6.04 Å². The molecule has 2 unspecified atom stereocenters. The minimum Gasteiger partial charge on any atom is -0.372 e. The number of nitrogens with zero attached hydrogens (tertiary/aromatic N) is 1. The largest absolute Gasteiger partial charge is 0.372 e. The standard InChI is InChI=1S/C30H38N2O.C3H8.2H2/c1-4-6-17-29(28-16-10-12-23-11-7-8-15-27(23)28)31-30(33)24-13-9-14-25(21-24)32(3)26-19-18-22(5-2)20-26;1-3-2;;/h7-16,21-22,26,29H,4-6,17-20H2,1-3H3,(H,31,33);3H2,1-2H3;2*1H/t22?,26?,29-;;;/m1.../s1. The Hall–Kier alpha value is -2.81. The second-order valence-electron chi connectivity index (χ2n) is 10.3. The van der Waals surface area contributed by atoms with Gasteiger partial charge in [-0.3, -0.25) is 4.79 Å². The van der Waals surface area contributed by atoms with Crippen LogP contribution in [0.1, 0.15) is 104 Å². The van der Waals surface area contributed by atoms with Gasteiger partial charge in [0, 0.05) is 27.2 Å². The van der Waals surface area contributed by atoms with Crippen LogP contribution in [0.3, 0.4) is 0 Å². The number of rotatable bonds is 9. The Morgan fingerprint density at radius 2 is 1.72 bits per heavy atom. The average Bonchev–Trinajstić information content (AvgIpc) is 3.40. The highest BCUT2D eigenvalue weighted by Crippen LogP contribution is 2.33. The molecule has 3 heteroatoms. The van der Waals surface area contributed by atoms with Crippen LogP contribution in [-0.2, 0) is 0 Å². The molecule has 4 rings (SSSR count). The molecule has 0 bridgehead atoms. The number of nitrogens with one attached hydrogen (secondary N) is 1. The molecule has 1 fully saturated rings. The number of hydrogen-bond acceptors (Lipinski definition) is 2. The Morgan fingerprint density at radius 3 is 2.44 bits per heavy atom. The summed E-state index contributed by atoms with van der Waals surface area (Å²) in [6.07, 6.45) is 9.45. The lowest BCUT2D eigenvalue weighted by Gasteiger charge is -2.27. The molecule has 0 saturated heterocycles. The number of hydrogen-bond donors (Lipinski definition) is 1. The molecule has 0 heterocycles. The van der Waals surface area contributed by atoms with Crippen molar-refractivity contribution in [2.75, 3.05) is 11.9 Å². The Balaban J connectivity index is 0.00000138. The highest BCUT2D eigenvalue weighted by molar-refractivity contribution is 5.96. The van der Waals surface area contributed by atoms with E-state index in [9.17, 15) is 4.79 Å². The third kappa shape index (κ3) is 7.12. The first-order valence-electron chi connectivity index (χ1n) is 14.1. The van der Waals surface area contributed by atoms with Gasteiger partial charge in [0.25, 0.3) is 5.91 Å². The van der Waals surface area contributed by atoms with Crippen LogP contribution in [0.2, 0.25) is 0 Å². The SMILES string of the molecule is CCC.CCCC[C@@H](NC(=O)c1cccc(N(C)C2CCC(CC)C2)c1)c1cccc2ccccc12.[HH].[HH]. The van der Waals surface area contributed by atoms with Crippen molar-refractivity contribution >= 4 is 22.4 Å². The van der Waals surface area contributed by atoms with Gasteiger partial charge in [0.2, 0.25) is 0 Å². The lowest BCUT2D eigenvalue weighted by molar-refractivity contribution is 0.0934. The van der Waals surface area contributed by atoms with E-state index in [1.54, 1.807) is 0 Å². The molecule has 3 aromatic carbocycles. The fraction of sp³-hybridized carbons (Fsp3) is 0.485. The Kier molecular flexibility index (Phi) is 10.8. The molecule has 0 radical (unpaired) electrons. The number of fused-ring (bicyclic) bond motifs is 1. The molecule has 3 nitrogen and oxygen atoms in total. The maximum atomic E-state index is 13.4. The molecule has 1 amide bonds. The van der Waals surface area contributed by atoms with Crippen LogP contribution in [-0.4, -0.2) is 19.0 Å². The predicted octanol–water partition coefficient (Wildman–Crippen LogP) is 9.42. The highest BCUT2D eigenvalue weighted by Gasteiger charge is 2.27. The molecule has 36 heavy (non-hydrogen) atoms. The molecule has 1 saturated carbocycles. The summed E-state index contributed by atoms with van der Waals surface area (Å²) in [4.78, 5) is 15.8. The minimum atomic E-state index is 0. The first kappa shape index (κ1) is 27.8. The molecule has 0 aliphatic heterocycles. The van der Waals surface area contributed by atoms with Gasteiger partial charge in [-0.25, -0.2) is 0 Å². The van der Waals surface area contributed by atoms with Crippen LogP contribution in [0, 0.1) is 5.92 Å². The topological polar surface area (TPSA) is 32.3 Å². The van der Waals surface area contributed by atoms with E-state index in [1.165, 1.54) is 48.4 Å². The molecular weight excluding hydrogens is 440 g/mol. The monoisotopic (exact) mass is 490 g/mol. The van der Waals surface area contributed by atoms with Crippen molar-refractivity contribution in [1.29, 1.82) is 0 Å². The van der Waals surface area contributed by atoms with E-state index in [2.05, 4.69) is 99.6 Å². The van der Waals surface area contributed by atoms with Gasteiger partial charge in [0.1, 0.15) is 0 Å². The Labute approximate surface area is 222 Å². The fourth-order valence-corrected chi connectivity index (χ4v) is 5.36. The summed E-state index contributed by atoms with van der Waals surface area (Å²) < 4.78 is 0. The van der Waals surface area contributed by atoms with Crippen LogP contribution >= 0.6 is 0 Å². The van der Waals surface area contributed by atoms with Crippen LogP contribution < -0.4 is 10.2 Å². The Morgan fingerprint density at radius 1 is 1.00 bits per heavy atom. The molecule has 198 valence electrons. The van der Waals surface area contributed by atoms with E-state index in [1.807, 2.05) is 12.1 Å². The van der Waals surface area contributed by atoms with Crippen LogP contribution in [0.5, 0.6) is 0 Å². The summed E-state index contributed by atoms with van der Waals surface area (Å²) in [6, 6.07) is 23.6. The molecule has 3 atom stereocenters. The number of carbonyl (C=O) groups is 1. The van der Waals surface area contributed by atoms with Crippen LogP contribution in [0.15, 0.2) is 66.7 Å². The fourth-order valence-electron chi connectivity index (χ4n) is 5.36. The average molecular weight is 491 g/mol. The summed E-state index contributed by atoms with van der Waals surface area (Å²) in [7, 11) is 2.18. The molecule has 1 N–H and O–H groups in total. The number of anilines is 1. The summed E-state index contributed by atoms with van der Waals surface area (Å²) in [5.74, 6) is 0.848. The van der Waals surface area contributed by atoms with Crippen molar-refractivity contribution in [3.05, 3.63) is 77.9 Å². The molecule has 0 aromatic heterocycles. The summed E-state index contributed by atoms with van der Waals surface area (Å²) >= 11 is 0. The lowest BCUT2D eigenvalue weighted by Crippen LogP contribution is -2.31. The third-order valence-electron chi connectivity index (χ3n) is 7.50. The van der Waals surface area contributed by atoms with Crippen molar-refractivity contribution in [2.24, 2.45) is 5.92 Å². The number of carbonyl (C=O) groups excluding carboxylic acids is 1. The van der Waals surface area contributed by atoms with Crippen molar-refractivity contribution in [3.63, 3.8) is 0 Å². The van der Waals surface area contributed by atoms with Gasteiger partial charge >= 0.3 is 0 Å². The van der Waals surface area contributed by atoms with Gasteiger partial charge in [-0.2, -0.15) is 0 Å². The van der Waals surface area contributed by atoms with E-state index in [0.717, 1.165) is 36.4 Å². The normalized spacial score (nSPS) is 17.8. The lowest BCUT2D eigenvalue weighted by atomic mass is 9.95. The zero-order chi connectivity index (χ0) is 25.9. The van der Waals surface area contributed by atoms with Crippen LogP contribution in [0.4, 0.5) is 5.69 Å². The molecular formula is C33H50N2O. The summed E-state index contributed by atoms with van der Waals surface area (Å²) in [5.41, 5.74) is 3.09. The molecule has 0 spiro atoms. The second kappa shape index (κ2) is 14.1. The third-order valence-corrected chi connectivity index (χ3v) is 7.50. The number of unbranched alkanes of at least 4 members (excludes halogenated alkanes) is 1. The quantitative estimate of drug-likeness (QED) is 0.324. The maximum Gasteiger partial charge on any atom is 0.251 e. The van der Waals surface area contributed by atoms with Gasteiger partial charge in [0.05, 0.1) is 6.04 Å². The van der Waals surface area contributed by atoms with Crippen molar-refractivity contribution in [2.45, 2.75) is 91.1 Å². The second-order valence-corrected chi connectivity index (χ2v) is 10.3. The van der Waals surface area contributed by atoms with Gasteiger partial charge in [-0.1, -0.05) is 102 Å². The summed E-state index contributed by atoms with van der Waals surface area (Å²) in [5, 5.41) is 5.81. The smallest absolute Gasteiger partial charge is 0.251 e. The summed E-state index contributed by atoms with van der Waals surface area (Å²) in [6.45, 7) is 8.75. The maximum absolute atomic E-state index is 13.4. The van der Waals surface area contributed by atoms with Gasteiger partial charge in [-0.05, 0) is 66.1 Å². The predicted molar refractivity (Wildman–Crippen MR) is 160 cm³/mol. The Bertz CT molecular complexity index is 1100. The number of amides is 1. The van der Waals surface area contributed by atoms with Crippen LogP contribution in [0.25, 0.3) is 10.8 Å².